The van der Waals surface area contributed by atoms with Crippen LogP contribution in [0.3, 0.4) is 0 Å². The number of aromatic nitrogens is 3. The number of carbonyl (C=O) groups excluding carboxylic acids is 1. The SMILES string of the molecule is CCOc1nc(CCF)ccc1-c1ccc2cnc(CNC(=O)c3cc(F)c4c(c3)S(=O)(=O)[C@@H](F)CCO4)cc2n1.F.[HH]. The smallest absolute Gasteiger partial charge is 0.251 e. The van der Waals surface area contributed by atoms with Gasteiger partial charge in [0, 0.05) is 37.1 Å². The number of nitrogens with zero attached hydrogens (tertiary/aromatic N) is 3. The topological polar surface area (TPSA) is 120 Å². The highest BCUT2D eigenvalue weighted by molar-refractivity contribution is 7.92. The Bertz CT molecular complexity index is 1750. The summed E-state index contributed by atoms with van der Waals surface area (Å²) in [5.74, 6) is -2.12. The molecule has 1 amide bonds. The predicted octanol–water partition coefficient (Wildman–Crippen LogP) is 4.92. The monoisotopic (exact) mass is 608 g/mol. The lowest BCUT2D eigenvalue weighted by Crippen LogP contribution is -2.24. The van der Waals surface area contributed by atoms with E-state index in [1.54, 1.807) is 30.5 Å². The van der Waals surface area contributed by atoms with Gasteiger partial charge in [0.05, 0.1) is 48.9 Å². The van der Waals surface area contributed by atoms with Crippen LogP contribution in [0, 0.1) is 5.82 Å². The fraction of sp³-hybridized carbons (Fsp3) is 0.286. The molecule has 14 heteroatoms. The molecule has 0 saturated heterocycles. The van der Waals surface area contributed by atoms with E-state index in [0.29, 0.717) is 40.6 Å². The standard InChI is InChI=1S/C28H25F3N4O5S.FH.H2/c1-2-39-28-20(5-4-18(34-28)7-9-29)22-6-3-16-14-32-19(13-23(16)35-22)15-33-27(36)17-11-21(30)26-24(12-17)41(37,38)25(31)8-10-40-26;;/h3-6,11-14,25H,2,7-10,15H2,1H3,(H,33,36);2*1H/t25-;;/m1../s1. The number of ether oxygens (including phenoxy) is 2. The Morgan fingerprint density at radius 3 is 2.74 bits per heavy atom. The molecule has 4 aromatic rings. The summed E-state index contributed by atoms with van der Waals surface area (Å²) in [7, 11) is -4.53. The maximum atomic E-state index is 14.7. The molecule has 224 valence electrons. The highest BCUT2D eigenvalue weighted by Crippen LogP contribution is 2.35. The van der Waals surface area contributed by atoms with E-state index in [2.05, 4.69) is 20.3 Å². The minimum atomic E-state index is -4.53. The van der Waals surface area contributed by atoms with Crippen LogP contribution in [0.2, 0.25) is 0 Å². The number of benzene rings is 1. The van der Waals surface area contributed by atoms with Gasteiger partial charge < -0.3 is 14.8 Å². The van der Waals surface area contributed by atoms with Crippen LogP contribution in [0.5, 0.6) is 11.6 Å². The number of sulfone groups is 1. The number of nitrogens with one attached hydrogen (secondary N) is 1. The fourth-order valence-corrected chi connectivity index (χ4v) is 5.72. The summed E-state index contributed by atoms with van der Waals surface area (Å²) in [5, 5.41) is 3.30. The Morgan fingerprint density at radius 2 is 1.98 bits per heavy atom. The third-order valence-electron chi connectivity index (χ3n) is 6.39. The van der Waals surface area contributed by atoms with Gasteiger partial charge in [0.25, 0.3) is 5.91 Å². The van der Waals surface area contributed by atoms with Crippen LogP contribution >= 0.6 is 0 Å². The Balaban J connectivity index is 0.00000253. The Morgan fingerprint density at radius 1 is 1.17 bits per heavy atom. The average Bonchev–Trinajstić information content (AvgIpc) is 3.07. The molecule has 0 spiro atoms. The summed E-state index contributed by atoms with van der Waals surface area (Å²) < 4.78 is 77.4. The minimum absolute atomic E-state index is 0. The van der Waals surface area contributed by atoms with Gasteiger partial charge in [-0.15, -0.1) is 0 Å². The van der Waals surface area contributed by atoms with Crippen LogP contribution < -0.4 is 14.8 Å². The molecule has 0 bridgehead atoms. The largest absolute Gasteiger partial charge is 0.489 e. The van der Waals surface area contributed by atoms with E-state index in [4.69, 9.17) is 9.47 Å². The van der Waals surface area contributed by atoms with Crippen LogP contribution in [0.1, 0.15) is 36.5 Å². The lowest BCUT2D eigenvalue weighted by Gasteiger charge is -2.12. The van der Waals surface area contributed by atoms with Crippen molar-refractivity contribution in [3.8, 4) is 22.9 Å². The van der Waals surface area contributed by atoms with Gasteiger partial charge in [0.15, 0.2) is 11.6 Å². The lowest BCUT2D eigenvalue weighted by molar-refractivity contribution is 0.0949. The molecule has 1 aliphatic rings. The van der Waals surface area contributed by atoms with Crippen LogP contribution in [-0.2, 0) is 22.8 Å². The molecule has 0 aliphatic carbocycles. The van der Waals surface area contributed by atoms with Crippen molar-refractivity contribution in [2.24, 2.45) is 0 Å². The van der Waals surface area contributed by atoms with Crippen molar-refractivity contribution < 1.29 is 42.0 Å². The summed E-state index contributed by atoms with van der Waals surface area (Å²) >= 11 is 0. The number of alkyl halides is 2. The molecule has 42 heavy (non-hydrogen) atoms. The number of hydrogen-bond acceptors (Lipinski definition) is 8. The number of rotatable bonds is 8. The second-order valence-electron chi connectivity index (χ2n) is 9.15. The summed E-state index contributed by atoms with van der Waals surface area (Å²) in [6, 6.07) is 10.5. The molecule has 3 aromatic heterocycles. The van der Waals surface area contributed by atoms with Gasteiger partial charge in [-0.25, -0.2) is 27.2 Å². The van der Waals surface area contributed by atoms with Gasteiger partial charge in [0.2, 0.25) is 21.2 Å². The van der Waals surface area contributed by atoms with E-state index >= 15 is 0 Å². The molecule has 0 saturated carbocycles. The summed E-state index contributed by atoms with van der Waals surface area (Å²) in [4.78, 5) is 25.5. The van der Waals surface area contributed by atoms with Crippen LogP contribution in [0.25, 0.3) is 22.2 Å². The number of hydrogen-bond donors (Lipinski definition) is 1. The zero-order valence-electron chi connectivity index (χ0n) is 22.3. The Hall–Kier alpha value is -4.33. The molecule has 1 N–H and O–H groups in total. The number of pyridine rings is 3. The van der Waals surface area contributed by atoms with E-state index < -0.39 is 50.8 Å². The van der Waals surface area contributed by atoms with E-state index in [1.165, 1.54) is 0 Å². The van der Waals surface area contributed by atoms with Crippen LogP contribution in [0.15, 0.2) is 53.6 Å². The lowest BCUT2D eigenvalue weighted by atomic mass is 10.1. The van der Waals surface area contributed by atoms with E-state index in [1.807, 2.05) is 13.0 Å². The highest BCUT2D eigenvalue weighted by atomic mass is 32.2. The number of carbonyl (C=O) groups is 1. The third-order valence-corrected chi connectivity index (χ3v) is 8.22. The maximum Gasteiger partial charge on any atom is 0.251 e. The van der Waals surface area contributed by atoms with Crippen molar-refractivity contribution >= 4 is 26.6 Å². The molecule has 0 unspecified atom stereocenters. The maximum absolute atomic E-state index is 14.7. The van der Waals surface area contributed by atoms with Gasteiger partial charge in [-0.3, -0.25) is 18.9 Å². The second-order valence-corrected chi connectivity index (χ2v) is 11.2. The zero-order chi connectivity index (χ0) is 29.1. The Kier molecular flexibility index (Phi) is 9.24. The van der Waals surface area contributed by atoms with Gasteiger partial charge in [-0.1, -0.05) is 0 Å². The number of fused-ring (bicyclic) bond motifs is 2. The molecule has 9 nitrogen and oxygen atoms in total. The summed E-state index contributed by atoms with van der Waals surface area (Å²) in [6.07, 6.45) is 1.30. The van der Waals surface area contributed by atoms with Gasteiger partial charge in [-0.2, -0.15) is 0 Å². The number of aryl methyl sites for hydroxylation is 1. The van der Waals surface area contributed by atoms with E-state index in [-0.39, 0.29) is 31.3 Å². The zero-order valence-corrected chi connectivity index (χ0v) is 23.1. The van der Waals surface area contributed by atoms with Gasteiger partial charge >= 0.3 is 0 Å². The normalized spacial score (nSPS) is 15.6. The first kappa shape index (κ1) is 30.6. The molecular weight excluding hydrogens is 580 g/mol. The van der Waals surface area contributed by atoms with Crippen LogP contribution in [0.4, 0.5) is 17.9 Å². The molecule has 1 aliphatic heterocycles. The van der Waals surface area contributed by atoms with Crippen molar-refractivity contribution in [1.29, 1.82) is 0 Å². The summed E-state index contributed by atoms with van der Waals surface area (Å²) in [6.45, 7) is 1.25. The number of halogens is 4. The molecule has 1 atom stereocenters. The van der Waals surface area contributed by atoms with E-state index in [9.17, 15) is 26.4 Å². The van der Waals surface area contributed by atoms with Crippen molar-refractivity contribution in [3.63, 3.8) is 0 Å². The van der Waals surface area contributed by atoms with E-state index in [0.717, 1.165) is 17.5 Å². The Labute approximate surface area is 239 Å². The number of amides is 1. The van der Waals surface area contributed by atoms with Crippen molar-refractivity contribution in [1.82, 2.24) is 20.3 Å². The van der Waals surface area contributed by atoms with Crippen molar-refractivity contribution in [2.75, 3.05) is 19.9 Å². The first-order valence-corrected chi connectivity index (χ1v) is 14.3. The molecule has 5 rings (SSSR count). The van der Waals surface area contributed by atoms with Crippen LogP contribution in [-0.4, -0.2) is 54.7 Å². The molecule has 0 fully saturated rings. The van der Waals surface area contributed by atoms with Crippen molar-refractivity contribution in [2.45, 2.75) is 36.7 Å². The summed E-state index contributed by atoms with van der Waals surface area (Å²) in [5.41, 5.74) is 0.160. The van der Waals surface area contributed by atoms with Gasteiger partial charge in [0.1, 0.15) is 4.90 Å². The van der Waals surface area contributed by atoms with Crippen molar-refractivity contribution in [3.05, 3.63) is 71.4 Å². The minimum Gasteiger partial charge on any atom is -0.489 e. The molecule has 1 aromatic carbocycles. The first-order chi connectivity index (χ1) is 19.7. The average molecular weight is 609 g/mol. The third kappa shape index (κ3) is 6.12. The molecular formula is C28H28F4N4O5S. The molecule has 0 radical (unpaired) electrons. The quantitative estimate of drug-likeness (QED) is 0.280. The highest BCUT2D eigenvalue weighted by Gasteiger charge is 2.35. The van der Waals surface area contributed by atoms with Gasteiger partial charge in [-0.05, 0) is 49.4 Å². The predicted molar refractivity (Wildman–Crippen MR) is 148 cm³/mol. The first-order valence-electron chi connectivity index (χ1n) is 12.8. The fourth-order valence-electron chi connectivity index (χ4n) is 4.33. The second kappa shape index (κ2) is 12.7. The molecule has 4 heterocycles.